The molecule has 30 heavy (non-hydrogen) atoms. The fourth-order valence-electron chi connectivity index (χ4n) is 3.05. The van der Waals surface area contributed by atoms with Gasteiger partial charge in [-0.25, -0.2) is 9.50 Å². The number of anilines is 1. The third kappa shape index (κ3) is 4.38. The van der Waals surface area contributed by atoms with Crippen molar-refractivity contribution in [2.24, 2.45) is 5.41 Å². The molecule has 4 atom stereocenters. The highest BCUT2D eigenvalue weighted by molar-refractivity contribution is 5.75. The molecule has 1 aliphatic rings. The standard InChI is InChI=1S/C18H26N4O5.C2H3N/c1-5-17(2,3)16(25)26-8-18(4)14(24)12(23)13(27-18)10-6-7-11-15(19)20-9-21-22(10)11;1-2-3/h6-7,9,12-14,23-24H,5,8H2,1-4H3,(H2,19,20,21);1H3/t12-,13-,14-,18+;/m0./s1. The summed E-state index contributed by atoms with van der Waals surface area (Å²) in [6.07, 6.45) is -1.40. The Morgan fingerprint density at radius 2 is 2.10 bits per heavy atom. The molecule has 0 spiro atoms. The second kappa shape index (κ2) is 8.95. The first-order valence-electron chi connectivity index (χ1n) is 9.62. The summed E-state index contributed by atoms with van der Waals surface area (Å²) in [6.45, 7) is 8.34. The summed E-state index contributed by atoms with van der Waals surface area (Å²) in [6, 6.07) is 5.17. The van der Waals surface area contributed by atoms with Crippen LogP contribution in [0.3, 0.4) is 0 Å². The Morgan fingerprint density at radius 1 is 1.47 bits per heavy atom. The minimum absolute atomic E-state index is 0.176. The summed E-state index contributed by atoms with van der Waals surface area (Å²) in [7, 11) is 0. The monoisotopic (exact) mass is 419 g/mol. The fraction of sp³-hybridized carbons (Fsp3) is 0.600. The van der Waals surface area contributed by atoms with E-state index in [1.165, 1.54) is 17.8 Å². The molecule has 0 radical (unpaired) electrons. The predicted molar refractivity (Wildman–Crippen MR) is 108 cm³/mol. The molecule has 0 saturated carbocycles. The SMILES string of the molecule is CC#N.CCC(C)(C)C(=O)OC[C@@]1(C)O[C@@H](c2ccc3c(N)ncnn23)[C@H](O)[C@@H]1O. The third-order valence-corrected chi connectivity index (χ3v) is 5.38. The molecule has 1 fully saturated rings. The highest BCUT2D eigenvalue weighted by Gasteiger charge is 2.53. The molecule has 4 N–H and O–H groups in total. The maximum absolute atomic E-state index is 12.2. The molecule has 3 heterocycles. The molecule has 1 aliphatic heterocycles. The van der Waals surface area contributed by atoms with E-state index >= 15 is 0 Å². The number of hydrogen-bond acceptors (Lipinski definition) is 9. The number of rotatable bonds is 5. The Labute approximate surface area is 175 Å². The molecule has 10 nitrogen and oxygen atoms in total. The predicted octanol–water partition coefficient (Wildman–Crippen LogP) is 1.37. The summed E-state index contributed by atoms with van der Waals surface area (Å²) in [4.78, 5) is 16.2. The van der Waals surface area contributed by atoms with E-state index in [1.54, 1.807) is 39.0 Å². The van der Waals surface area contributed by atoms with E-state index in [0.717, 1.165) is 0 Å². The zero-order valence-electron chi connectivity index (χ0n) is 17.9. The lowest BCUT2D eigenvalue weighted by Gasteiger charge is -2.29. The number of carbonyl (C=O) groups is 1. The number of fused-ring (bicyclic) bond motifs is 1. The summed E-state index contributed by atoms with van der Waals surface area (Å²) < 4.78 is 12.9. The molecule has 0 amide bonds. The van der Waals surface area contributed by atoms with Gasteiger partial charge in [0.2, 0.25) is 0 Å². The van der Waals surface area contributed by atoms with Gasteiger partial charge in [-0.3, -0.25) is 4.79 Å². The van der Waals surface area contributed by atoms with E-state index in [4.69, 9.17) is 20.5 Å². The summed E-state index contributed by atoms with van der Waals surface area (Å²) >= 11 is 0. The minimum Gasteiger partial charge on any atom is -0.462 e. The number of nitrogen functional groups attached to an aromatic ring is 1. The Morgan fingerprint density at radius 3 is 2.70 bits per heavy atom. The van der Waals surface area contributed by atoms with Crippen molar-refractivity contribution in [1.29, 1.82) is 5.26 Å². The first-order valence-corrected chi connectivity index (χ1v) is 9.62. The second-order valence-corrected chi connectivity index (χ2v) is 8.02. The summed E-state index contributed by atoms with van der Waals surface area (Å²) in [5, 5.41) is 32.6. The summed E-state index contributed by atoms with van der Waals surface area (Å²) in [5.41, 5.74) is 5.04. The van der Waals surface area contributed by atoms with Gasteiger partial charge in [0.1, 0.15) is 42.4 Å². The number of hydrogen-bond donors (Lipinski definition) is 3. The number of aliphatic hydroxyl groups excluding tert-OH is 2. The Kier molecular flexibility index (Phi) is 7.02. The molecule has 10 heteroatoms. The van der Waals surface area contributed by atoms with Crippen molar-refractivity contribution in [3.63, 3.8) is 0 Å². The summed E-state index contributed by atoms with van der Waals surface area (Å²) in [5.74, 6) is -0.0867. The molecule has 0 unspecified atom stereocenters. The number of carbonyl (C=O) groups excluding carboxylic acids is 1. The number of nitriles is 1. The topological polar surface area (TPSA) is 156 Å². The minimum atomic E-state index is -1.26. The Balaban J connectivity index is 0.00000101. The average Bonchev–Trinajstić information content (AvgIpc) is 3.23. The van der Waals surface area contributed by atoms with Crippen LogP contribution in [0.2, 0.25) is 0 Å². The van der Waals surface area contributed by atoms with Crippen LogP contribution in [0.1, 0.15) is 52.8 Å². The number of nitrogens with two attached hydrogens (primary N) is 1. The quantitative estimate of drug-likeness (QED) is 0.609. The number of ether oxygens (including phenoxy) is 2. The first kappa shape index (κ1) is 23.5. The Hall–Kier alpha value is -2.74. The number of aromatic nitrogens is 3. The Bertz CT molecular complexity index is 937. The second-order valence-electron chi connectivity index (χ2n) is 8.02. The van der Waals surface area contributed by atoms with E-state index < -0.39 is 29.3 Å². The highest BCUT2D eigenvalue weighted by atomic mass is 16.6. The van der Waals surface area contributed by atoms with Gasteiger partial charge in [-0.05, 0) is 39.3 Å². The molecule has 0 bridgehead atoms. The lowest BCUT2D eigenvalue weighted by atomic mass is 9.90. The van der Waals surface area contributed by atoms with Gasteiger partial charge >= 0.3 is 5.97 Å². The van der Waals surface area contributed by atoms with Crippen molar-refractivity contribution in [2.75, 3.05) is 12.3 Å². The molecule has 2 aromatic heterocycles. The molecular formula is C20H29N5O5. The van der Waals surface area contributed by atoms with Crippen LogP contribution in [0.15, 0.2) is 18.5 Å². The van der Waals surface area contributed by atoms with Gasteiger partial charge in [0.15, 0.2) is 5.82 Å². The zero-order valence-corrected chi connectivity index (χ0v) is 17.9. The van der Waals surface area contributed by atoms with Crippen molar-refractivity contribution >= 4 is 17.3 Å². The molecular weight excluding hydrogens is 390 g/mol. The van der Waals surface area contributed by atoms with Crippen LogP contribution < -0.4 is 5.73 Å². The van der Waals surface area contributed by atoms with Gasteiger partial charge in [-0.1, -0.05) is 6.92 Å². The highest BCUT2D eigenvalue weighted by Crippen LogP contribution is 2.41. The van der Waals surface area contributed by atoms with Gasteiger partial charge in [0.25, 0.3) is 0 Å². The van der Waals surface area contributed by atoms with Gasteiger partial charge in [-0.15, -0.1) is 0 Å². The van der Waals surface area contributed by atoms with E-state index in [0.29, 0.717) is 23.4 Å². The maximum atomic E-state index is 12.2. The van der Waals surface area contributed by atoms with Crippen LogP contribution >= 0.6 is 0 Å². The fourth-order valence-corrected chi connectivity index (χ4v) is 3.05. The van der Waals surface area contributed by atoms with E-state index in [1.807, 2.05) is 6.92 Å². The van der Waals surface area contributed by atoms with Crippen LogP contribution in [0.4, 0.5) is 5.82 Å². The molecule has 164 valence electrons. The van der Waals surface area contributed by atoms with Gasteiger partial charge in [0, 0.05) is 6.92 Å². The zero-order chi connectivity index (χ0) is 22.7. The molecule has 2 aromatic rings. The van der Waals surface area contributed by atoms with Crippen molar-refractivity contribution in [1.82, 2.24) is 14.6 Å². The van der Waals surface area contributed by atoms with Gasteiger partial charge in [-0.2, -0.15) is 10.4 Å². The van der Waals surface area contributed by atoms with E-state index in [9.17, 15) is 15.0 Å². The largest absolute Gasteiger partial charge is 0.462 e. The first-order chi connectivity index (χ1) is 14.0. The van der Waals surface area contributed by atoms with E-state index in [2.05, 4.69) is 10.1 Å². The molecule has 0 aromatic carbocycles. The number of nitrogens with zero attached hydrogens (tertiary/aromatic N) is 4. The molecule has 1 saturated heterocycles. The van der Waals surface area contributed by atoms with Crippen molar-refractivity contribution < 1.29 is 24.5 Å². The smallest absolute Gasteiger partial charge is 0.311 e. The van der Waals surface area contributed by atoms with Crippen LogP contribution in [0.5, 0.6) is 0 Å². The van der Waals surface area contributed by atoms with Gasteiger partial charge < -0.3 is 25.4 Å². The third-order valence-electron chi connectivity index (χ3n) is 5.38. The number of esters is 1. The average molecular weight is 419 g/mol. The van der Waals surface area contributed by atoms with Crippen LogP contribution in [-0.4, -0.2) is 55.2 Å². The van der Waals surface area contributed by atoms with Crippen LogP contribution in [0, 0.1) is 16.7 Å². The van der Waals surface area contributed by atoms with Crippen molar-refractivity contribution in [2.45, 2.75) is 65.0 Å². The van der Waals surface area contributed by atoms with Crippen molar-refractivity contribution in [3.05, 3.63) is 24.2 Å². The molecule has 0 aliphatic carbocycles. The normalized spacial score (nSPS) is 26.0. The lowest BCUT2D eigenvalue weighted by molar-refractivity contribution is -0.169. The lowest BCUT2D eigenvalue weighted by Crippen LogP contribution is -2.45. The van der Waals surface area contributed by atoms with Crippen LogP contribution in [-0.2, 0) is 14.3 Å². The van der Waals surface area contributed by atoms with Gasteiger partial charge in [0.05, 0.1) is 17.2 Å². The van der Waals surface area contributed by atoms with Crippen LogP contribution in [0.25, 0.3) is 5.52 Å². The van der Waals surface area contributed by atoms with E-state index in [-0.39, 0.29) is 12.6 Å². The molecule has 3 rings (SSSR count). The maximum Gasteiger partial charge on any atom is 0.311 e. The number of aliphatic hydroxyl groups is 2. The van der Waals surface area contributed by atoms with Crippen molar-refractivity contribution in [3.8, 4) is 6.07 Å².